The lowest BCUT2D eigenvalue weighted by atomic mass is 9.89. The van der Waals surface area contributed by atoms with Gasteiger partial charge in [-0.1, -0.05) is 38.1 Å². The van der Waals surface area contributed by atoms with Crippen LogP contribution in [0.15, 0.2) is 36.4 Å². The number of nitrogens with one attached hydrogen (secondary N) is 4. The number of carboxylic acids is 1. The molecule has 12 N–H and O–H groups in total. The van der Waals surface area contributed by atoms with Gasteiger partial charge in [-0.2, -0.15) is 0 Å². The van der Waals surface area contributed by atoms with Crippen molar-refractivity contribution in [2.24, 2.45) is 29.0 Å². The smallest absolute Gasteiger partial charge is 0.306 e. The molecule has 0 saturated heterocycles. The van der Waals surface area contributed by atoms with Gasteiger partial charge in [0.15, 0.2) is 5.78 Å². The monoisotopic (exact) mass is 715 g/mol. The average molecular weight is 716 g/mol. The van der Waals surface area contributed by atoms with Crippen molar-refractivity contribution in [3.63, 3.8) is 0 Å². The Balaban J connectivity index is 2.43. The SMILES string of the molecule is CC(C)C[C@H](CC(=O)[C@H](Cc1ccc(O)cc1)NC(=O)[C@@H]1CC=CC[C@H](N)C(=O)N[C@@H](CCCCN)C(=O)N[C@H](CCCCN)C(=O)N1)C(=O)O. The molecule has 51 heavy (non-hydrogen) atoms. The molecule has 0 radical (unpaired) electrons. The molecule has 284 valence electrons. The highest BCUT2D eigenvalue weighted by atomic mass is 16.4. The Bertz CT molecular complexity index is 1340. The van der Waals surface area contributed by atoms with Gasteiger partial charge < -0.3 is 48.7 Å². The fourth-order valence-corrected chi connectivity index (χ4v) is 5.77. The molecule has 15 nitrogen and oxygen atoms in total. The zero-order chi connectivity index (χ0) is 37.9. The fraction of sp³-hybridized carbons (Fsp3) is 0.611. The number of benzene rings is 1. The van der Waals surface area contributed by atoms with Crippen LogP contribution in [0.2, 0.25) is 0 Å². The van der Waals surface area contributed by atoms with Crippen LogP contribution < -0.4 is 38.5 Å². The topological polar surface area (TPSA) is 269 Å². The number of amides is 4. The molecule has 1 heterocycles. The number of hydrogen-bond donors (Lipinski definition) is 9. The number of rotatable bonds is 18. The second-order valence-electron chi connectivity index (χ2n) is 13.6. The van der Waals surface area contributed by atoms with E-state index in [0.29, 0.717) is 44.3 Å². The highest BCUT2D eigenvalue weighted by Gasteiger charge is 2.33. The molecule has 1 aliphatic heterocycles. The van der Waals surface area contributed by atoms with Crippen molar-refractivity contribution in [1.29, 1.82) is 0 Å². The molecule has 4 amide bonds. The summed E-state index contributed by atoms with van der Waals surface area (Å²) in [4.78, 5) is 79.7. The number of Topliss-reactive ketones (excluding diaryl/α,β-unsaturated/α-hetero) is 1. The van der Waals surface area contributed by atoms with Gasteiger partial charge >= 0.3 is 5.97 Å². The second kappa shape index (κ2) is 22.5. The summed E-state index contributed by atoms with van der Waals surface area (Å²) >= 11 is 0. The number of carbonyl (C=O) groups is 6. The summed E-state index contributed by atoms with van der Waals surface area (Å²) in [6.45, 7) is 4.48. The fourth-order valence-electron chi connectivity index (χ4n) is 5.77. The third-order valence-corrected chi connectivity index (χ3v) is 8.69. The van der Waals surface area contributed by atoms with Gasteiger partial charge in [0.05, 0.1) is 18.0 Å². The van der Waals surface area contributed by atoms with Crippen molar-refractivity contribution in [2.45, 2.75) is 115 Å². The van der Waals surface area contributed by atoms with Gasteiger partial charge in [0, 0.05) is 6.42 Å². The molecule has 0 saturated carbocycles. The van der Waals surface area contributed by atoms with E-state index in [1.165, 1.54) is 12.1 Å². The first-order valence-corrected chi connectivity index (χ1v) is 17.8. The van der Waals surface area contributed by atoms with Crippen LogP contribution in [0.3, 0.4) is 0 Å². The van der Waals surface area contributed by atoms with E-state index in [1.807, 2.05) is 13.8 Å². The van der Waals surface area contributed by atoms with Crippen LogP contribution in [-0.4, -0.2) is 88.9 Å². The standard InChI is InChI=1S/C36H57N7O8/c1-22(2)19-24(36(50)51)21-31(45)30(20-23-13-15-25(44)16-14-23)43-35(49)28-10-4-3-9-26(39)32(46)40-27(11-5-7-17-37)33(47)42-29(34(48)41-28)12-6-8-18-38/h3-4,13-16,22,24,26-30,44H,5-12,17-21,37-39H2,1-2H3,(H,40,46)(H,41,48)(H,42,47)(H,43,49)(H,50,51)/t24-,26+,27+,28+,29-,30+/m1/s1. The van der Waals surface area contributed by atoms with Gasteiger partial charge in [-0.25, -0.2) is 0 Å². The van der Waals surface area contributed by atoms with Gasteiger partial charge in [-0.15, -0.1) is 0 Å². The molecule has 0 aromatic heterocycles. The predicted octanol–water partition coefficient (Wildman–Crippen LogP) is 0.515. The highest BCUT2D eigenvalue weighted by molar-refractivity contribution is 5.96. The maximum absolute atomic E-state index is 13.9. The lowest BCUT2D eigenvalue weighted by Gasteiger charge is -2.27. The number of aromatic hydroxyl groups is 1. The number of nitrogens with two attached hydrogens (primary N) is 3. The third kappa shape index (κ3) is 15.6. The van der Waals surface area contributed by atoms with Crippen LogP contribution in [0.4, 0.5) is 0 Å². The molecule has 1 aliphatic rings. The van der Waals surface area contributed by atoms with Crippen LogP contribution in [0.5, 0.6) is 5.75 Å². The van der Waals surface area contributed by atoms with Crippen molar-refractivity contribution in [3.8, 4) is 5.75 Å². The summed E-state index contributed by atoms with van der Waals surface area (Å²) in [6, 6.07) is 0.658. The first kappa shape index (κ1) is 42.8. The summed E-state index contributed by atoms with van der Waals surface area (Å²) in [5.74, 6) is -5.04. The van der Waals surface area contributed by atoms with E-state index in [1.54, 1.807) is 24.3 Å². The molecule has 0 aliphatic carbocycles. The zero-order valence-electron chi connectivity index (χ0n) is 29.8. The van der Waals surface area contributed by atoms with E-state index >= 15 is 0 Å². The van der Waals surface area contributed by atoms with E-state index in [0.717, 1.165) is 0 Å². The average Bonchev–Trinajstić information content (AvgIpc) is 3.08. The van der Waals surface area contributed by atoms with Crippen molar-refractivity contribution in [2.75, 3.05) is 13.1 Å². The number of unbranched alkanes of at least 4 members (excludes halogenated alkanes) is 2. The second-order valence-corrected chi connectivity index (χ2v) is 13.6. The number of ketones is 1. The highest BCUT2D eigenvalue weighted by Crippen LogP contribution is 2.19. The number of hydrogen-bond acceptors (Lipinski definition) is 10. The van der Waals surface area contributed by atoms with E-state index in [9.17, 15) is 39.0 Å². The van der Waals surface area contributed by atoms with Gasteiger partial charge in [0.25, 0.3) is 0 Å². The van der Waals surface area contributed by atoms with Gasteiger partial charge in [0.2, 0.25) is 23.6 Å². The van der Waals surface area contributed by atoms with Crippen molar-refractivity contribution in [3.05, 3.63) is 42.0 Å². The molecule has 1 aromatic rings. The Morgan fingerprint density at radius 3 is 1.94 bits per heavy atom. The summed E-state index contributed by atoms with van der Waals surface area (Å²) in [5, 5.41) is 30.5. The van der Waals surface area contributed by atoms with Gasteiger partial charge in [0.1, 0.15) is 23.9 Å². The largest absolute Gasteiger partial charge is 0.508 e. The van der Waals surface area contributed by atoms with Crippen molar-refractivity contribution >= 4 is 35.4 Å². The summed E-state index contributed by atoms with van der Waals surface area (Å²) < 4.78 is 0. The maximum Gasteiger partial charge on any atom is 0.306 e. The van der Waals surface area contributed by atoms with E-state index in [-0.39, 0.29) is 56.6 Å². The van der Waals surface area contributed by atoms with Crippen LogP contribution >= 0.6 is 0 Å². The number of phenols is 1. The number of phenolic OH excluding ortho intramolecular Hbond substituents is 1. The third-order valence-electron chi connectivity index (χ3n) is 8.69. The first-order valence-electron chi connectivity index (χ1n) is 17.8. The molecular weight excluding hydrogens is 658 g/mol. The van der Waals surface area contributed by atoms with Crippen LogP contribution in [-0.2, 0) is 35.2 Å². The molecule has 0 spiro atoms. The summed E-state index contributed by atoms with van der Waals surface area (Å²) in [7, 11) is 0. The van der Waals surface area contributed by atoms with E-state index in [4.69, 9.17) is 17.2 Å². The van der Waals surface area contributed by atoms with Crippen LogP contribution in [0.1, 0.15) is 83.6 Å². The zero-order valence-corrected chi connectivity index (χ0v) is 29.8. The number of carbonyl (C=O) groups excluding carboxylic acids is 5. The quantitative estimate of drug-likeness (QED) is 0.0747. The lowest BCUT2D eigenvalue weighted by molar-refractivity contribution is -0.144. The Labute approximate surface area is 299 Å². The molecule has 0 fully saturated rings. The minimum atomic E-state index is -1.21. The number of aliphatic carboxylic acids is 1. The number of carboxylic acid groups (broad SMARTS) is 1. The Morgan fingerprint density at radius 2 is 1.39 bits per heavy atom. The van der Waals surface area contributed by atoms with Crippen LogP contribution in [0.25, 0.3) is 0 Å². The predicted molar refractivity (Wildman–Crippen MR) is 192 cm³/mol. The minimum absolute atomic E-state index is 0.00264. The van der Waals surface area contributed by atoms with Crippen molar-refractivity contribution in [1.82, 2.24) is 21.3 Å². The lowest BCUT2D eigenvalue weighted by Crippen LogP contribution is -2.58. The molecule has 0 bridgehead atoms. The molecule has 0 unspecified atom stereocenters. The Morgan fingerprint density at radius 1 is 0.843 bits per heavy atom. The van der Waals surface area contributed by atoms with Gasteiger partial charge in [-0.3, -0.25) is 28.8 Å². The minimum Gasteiger partial charge on any atom is -0.508 e. The molecule has 1 aromatic carbocycles. The molecule has 2 rings (SSSR count). The van der Waals surface area contributed by atoms with Gasteiger partial charge in [-0.05, 0) is 101 Å². The first-order chi connectivity index (χ1) is 24.2. The molecule has 15 heteroatoms. The van der Waals surface area contributed by atoms with E-state index in [2.05, 4.69) is 21.3 Å². The van der Waals surface area contributed by atoms with Crippen molar-refractivity contribution < 1.29 is 39.0 Å². The molecule has 6 atom stereocenters. The van der Waals surface area contributed by atoms with Crippen LogP contribution in [0, 0.1) is 11.8 Å². The normalized spacial score (nSPS) is 21.5. The van der Waals surface area contributed by atoms with E-state index < -0.39 is 71.5 Å². The Hall–Kier alpha value is -4.34. The maximum atomic E-state index is 13.9. The molecular formula is C36H57N7O8. The Kier molecular flexibility index (Phi) is 18.9. The summed E-state index contributed by atoms with van der Waals surface area (Å²) in [5.41, 5.74) is 18.0. The summed E-state index contributed by atoms with van der Waals surface area (Å²) in [6.07, 6.45) is 5.90.